The van der Waals surface area contributed by atoms with Crippen molar-refractivity contribution in [2.24, 2.45) is 5.73 Å². The summed E-state index contributed by atoms with van der Waals surface area (Å²) in [4.78, 5) is 21.0. The molecule has 5 heteroatoms. The molecule has 0 saturated carbocycles. The molecule has 0 aliphatic carbocycles. The second-order valence-corrected chi connectivity index (χ2v) is 6.95. The molecule has 2 aromatic carbocycles. The van der Waals surface area contributed by atoms with Crippen LogP contribution in [0.2, 0.25) is 0 Å². The van der Waals surface area contributed by atoms with E-state index in [2.05, 4.69) is 46.3 Å². The van der Waals surface area contributed by atoms with Crippen LogP contribution in [0.3, 0.4) is 0 Å². The van der Waals surface area contributed by atoms with Crippen LogP contribution in [0.1, 0.15) is 5.56 Å². The third kappa shape index (κ3) is 3.64. The summed E-state index contributed by atoms with van der Waals surface area (Å²) < 4.78 is 0. The topological polar surface area (TPSA) is 62.5 Å². The van der Waals surface area contributed by atoms with E-state index in [1.165, 1.54) is 16.6 Å². The molecular formula is C22H24N4O. The summed E-state index contributed by atoms with van der Waals surface area (Å²) in [5, 5.41) is 2.33. The summed E-state index contributed by atoms with van der Waals surface area (Å²) in [6, 6.07) is 18.8. The van der Waals surface area contributed by atoms with E-state index in [4.69, 9.17) is 5.73 Å². The third-order valence-electron chi connectivity index (χ3n) is 5.29. The lowest BCUT2D eigenvalue weighted by Gasteiger charge is -2.43. The van der Waals surface area contributed by atoms with Crippen LogP contribution in [-0.4, -0.2) is 48.0 Å². The number of pyridine rings is 1. The summed E-state index contributed by atoms with van der Waals surface area (Å²) in [6.45, 7) is 2.35. The molecule has 0 bridgehead atoms. The number of piperazine rings is 1. The van der Waals surface area contributed by atoms with Crippen molar-refractivity contribution < 1.29 is 4.79 Å². The fourth-order valence-corrected chi connectivity index (χ4v) is 3.96. The fourth-order valence-electron chi connectivity index (χ4n) is 3.96. The number of nitrogens with two attached hydrogens (primary N) is 1. The molecule has 0 spiro atoms. The number of hydrogen-bond acceptors (Lipinski definition) is 4. The van der Waals surface area contributed by atoms with Crippen LogP contribution in [0.5, 0.6) is 0 Å². The average Bonchev–Trinajstić information content (AvgIpc) is 2.73. The van der Waals surface area contributed by atoms with E-state index in [0.29, 0.717) is 6.54 Å². The number of rotatable bonds is 4. The van der Waals surface area contributed by atoms with E-state index in [1.54, 1.807) is 0 Å². The van der Waals surface area contributed by atoms with Crippen molar-refractivity contribution in [2.45, 2.75) is 12.5 Å². The minimum atomic E-state index is 0.0256. The Labute approximate surface area is 159 Å². The van der Waals surface area contributed by atoms with Gasteiger partial charge in [0, 0.05) is 48.5 Å². The summed E-state index contributed by atoms with van der Waals surface area (Å²) in [6.07, 6.45) is 4.56. The van der Waals surface area contributed by atoms with Crippen LogP contribution in [0.25, 0.3) is 10.8 Å². The van der Waals surface area contributed by atoms with Crippen molar-refractivity contribution in [3.8, 4) is 0 Å². The van der Waals surface area contributed by atoms with Crippen molar-refractivity contribution >= 4 is 22.4 Å². The van der Waals surface area contributed by atoms with Crippen LogP contribution < -0.4 is 10.6 Å². The lowest BCUT2D eigenvalue weighted by atomic mass is 10.0. The van der Waals surface area contributed by atoms with Gasteiger partial charge in [0.25, 0.3) is 0 Å². The minimum Gasteiger partial charge on any atom is -0.367 e. The fraction of sp³-hybridized carbons (Fsp3) is 0.273. The molecule has 2 N–H and O–H groups in total. The monoisotopic (exact) mass is 360 g/mol. The molecule has 138 valence electrons. The number of carbonyl (C=O) groups excluding carboxylic acids is 1. The maximum atomic E-state index is 12.4. The maximum Gasteiger partial charge on any atom is 0.236 e. The largest absolute Gasteiger partial charge is 0.367 e. The number of benzene rings is 2. The molecular weight excluding hydrogens is 336 g/mol. The first-order valence-corrected chi connectivity index (χ1v) is 9.37. The molecule has 1 aliphatic heterocycles. The Kier molecular flexibility index (Phi) is 5.03. The summed E-state index contributed by atoms with van der Waals surface area (Å²) in [5.74, 6) is 0.0256. The Morgan fingerprint density at radius 3 is 2.74 bits per heavy atom. The van der Waals surface area contributed by atoms with E-state index in [1.807, 2.05) is 35.5 Å². The van der Waals surface area contributed by atoms with Crippen molar-refractivity contribution in [1.29, 1.82) is 0 Å². The smallest absolute Gasteiger partial charge is 0.236 e. The second-order valence-electron chi connectivity index (χ2n) is 6.95. The van der Waals surface area contributed by atoms with Gasteiger partial charge in [-0.05, 0) is 24.1 Å². The number of fused-ring (bicyclic) bond motifs is 1. The first kappa shape index (κ1) is 17.5. The van der Waals surface area contributed by atoms with Gasteiger partial charge in [0.15, 0.2) is 0 Å². The van der Waals surface area contributed by atoms with Crippen molar-refractivity contribution in [3.05, 3.63) is 72.6 Å². The van der Waals surface area contributed by atoms with Gasteiger partial charge in [0.2, 0.25) is 5.91 Å². The van der Waals surface area contributed by atoms with Crippen molar-refractivity contribution in [2.75, 3.05) is 31.1 Å². The number of nitrogens with zero attached hydrogens (tertiary/aromatic N) is 3. The highest BCUT2D eigenvalue weighted by atomic mass is 16.2. The zero-order valence-electron chi connectivity index (χ0n) is 15.3. The molecule has 27 heavy (non-hydrogen) atoms. The second kappa shape index (κ2) is 7.76. The lowest BCUT2D eigenvalue weighted by Crippen LogP contribution is -2.57. The standard InChI is InChI=1S/C22H24N4O/c23-14-22(27)26-12-11-25(16-19(26)13-17-5-2-1-3-6-17)21-8-4-7-18-15-24-10-9-20(18)21/h1-10,15,19H,11-14,16,23H2. The SMILES string of the molecule is NCC(=O)N1CCN(c2cccc3cnccc23)CC1Cc1ccccc1. The number of anilines is 1. The van der Waals surface area contributed by atoms with Crippen LogP contribution in [-0.2, 0) is 11.2 Å². The van der Waals surface area contributed by atoms with E-state index < -0.39 is 0 Å². The highest BCUT2D eigenvalue weighted by molar-refractivity contribution is 5.93. The Balaban J connectivity index is 1.63. The normalized spacial score (nSPS) is 17.3. The quantitative estimate of drug-likeness (QED) is 0.776. The van der Waals surface area contributed by atoms with E-state index in [-0.39, 0.29) is 18.5 Å². The third-order valence-corrected chi connectivity index (χ3v) is 5.29. The van der Waals surface area contributed by atoms with Crippen LogP contribution in [0, 0.1) is 0 Å². The minimum absolute atomic E-state index is 0.0256. The van der Waals surface area contributed by atoms with Crippen molar-refractivity contribution in [1.82, 2.24) is 9.88 Å². The van der Waals surface area contributed by atoms with Gasteiger partial charge in [-0.2, -0.15) is 0 Å². The Morgan fingerprint density at radius 1 is 1.07 bits per heavy atom. The summed E-state index contributed by atoms with van der Waals surface area (Å²) in [5.41, 5.74) is 8.11. The maximum absolute atomic E-state index is 12.4. The molecule has 2 heterocycles. The van der Waals surface area contributed by atoms with Gasteiger partial charge < -0.3 is 15.5 Å². The van der Waals surface area contributed by atoms with Gasteiger partial charge in [-0.1, -0.05) is 42.5 Å². The summed E-state index contributed by atoms with van der Waals surface area (Å²) >= 11 is 0. The first-order chi connectivity index (χ1) is 13.3. The first-order valence-electron chi connectivity index (χ1n) is 9.37. The molecule has 1 aromatic heterocycles. The Morgan fingerprint density at radius 2 is 1.93 bits per heavy atom. The molecule has 3 aromatic rings. The molecule has 5 nitrogen and oxygen atoms in total. The van der Waals surface area contributed by atoms with Crippen LogP contribution in [0.4, 0.5) is 5.69 Å². The summed E-state index contributed by atoms with van der Waals surface area (Å²) in [7, 11) is 0. The van der Waals surface area contributed by atoms with Gasteiger partial charge in [0.05, 0.1) is 12.6 Å². The molecule has 1 fully saturated rings. The van der Waals surface area contributed by atoms with Gasteiger partial charge in [-0.15, -0.1) is 0 Å². The van der Waals surface area contributed by atoms with Gasteiger partial charge in [-0.3, -0.25) is 9.78 Å². The highest BCUT2D eigenvalue weighted by Crippen LogP contribution is 2.28. The van der Waals surface area contributed by atoms with Gasteiger partial charge in [-0.25, -0.2) is 0 Å². The molecule has 1 unspecified atom stereocenters. The van der Waals surface area contributed by atoms with Gasteiger partial charge >= 0.3 is 0 Å². The average molecular weight is 360 g/mol. The van der Waals surface area contributed by atoms with Gasteiger partial charge in [0.1, 0.15) is 0 Å². The zero-order chi connectivity index (χ0) is 18.6. The zero-order valence-corrected chi connectivity index (χ0v) is 15.3. The molecule has 1 amide bonds. The number of aromatic nitrogens is 1. The van der Waals surface area contributed by atoms with E-state index in [0.717, 1.165) is 24.9 Å². The van der Waals surface area contributed by atoms with Crippen LogP contribution >= 0.6 is 0 Å². The highest BCUT2D eigenvalue weighted by Gasteiger charge is 2.30. The molecule has 1 atom stereocenters. The molecule has 4 rings (SSSR count). The molecule has 0 radical (unpaired) electrons. The predicted octanol–water partition coefficient (Wildman–Crippen LogP) is 2.45. The number of hydrogen-bond donors (Lipinski definition) is 1. The lowest BCUT2D eigenvalue weighted by molar-refractivity contribution is -0.132. The molecule has 1 aliphatic rings. The van der Waals surface area contributed by atoms with E-state index in [9.17, 15) is 4.79 Å². The predicted molar refractivity (Wildman–Crippen MR) is 109 cm³/mol. The number of carbonyl (C=O) groups is 1. The Bertz CT molecular complexity index is 923. The Hall–Kier alpha value is -2.92. The molecule has 1 saturated heterocycles. The van der Waals surface area contributed by atoms with Crippen molar-refractivity contribution in [3.63, 3.8) is 0 Å². The number of amides is 1. The van der Waals surface area contributed by atoms with Crippen LogP contribution in [0.15, 0.2) is 67.0 Å². The van der Waals surface area contributed by atoms with E-state index >= 15 is 0 Å².